The van der Waals surface area contributed by atoms with Crippen LogP contribution < -0.4 is 15.4 Å². The van der Waals surface area contributed by atoms with E-state index in [2.05, 4.69) is 32.6 Å². The average Bonchev–Trinajstić information content (AvgIpc) is 3.42. The third kappa shape index (κ3) is 5.72. The van der Waals surface area contributed by atoms with E-state index >= 15 is 0 Å². The molecule has 0 spiro atoms. The summed E-state index contributed by atoms with van der Waals surface area (Å²) in [5, 5.41) is 11.5. The summed E-state index contributed by atoms with van der Waals surface area (Å²) >= 11 is 0. The number of hydrogen-bond acceptors (Lipinski definition) is 6. The van der Waals surface area contributed by atoms with E-state index in [-0.39, 0.29) is 12.1 Å². The van der Waals surface area contributed by atoms with Crippen LogP contribution in [-0.4, -0.2) is 51.5 Å². The predicted octanol–water partition coefficient (Wildman–Crippen LogP) is 2.21. The molecule has 0 aromatic carbocycles. The molecule has 4 rings (SSSR count). The Hall–Kier alpha value is -2.68. The van der Waals surface area contributed by atoms with Gasteiger partial charge in [0, 0.05) is 37.9 Å². The van der Waals surface area contributed by atoms with E-state index in [9.17, 15) is 0 Å². The van der Waals surface area contributed by atoms with Crippen molar-refractivity contribution in [2.24, 2.45) is 4.99 Å². The number of nitrogens with one attached hydrogen (secondary N) is 2. The molecule has 2 N–H and O–H groups in total. The molecule has 31 heavy (non-hydrogen) atoms. The van der Waals surface area contributed by atoms with Crippen LogP contribution in [0.15, 0.2) is 23.3 Å². The third-order valence-electron chi connectivity index (χ3n) is 5.70. The predicted molar refractivity (Wildman–Crippen MR) is 118 cm³/mol. The van der Waals surface area contributed by atoms with Crippen molar-refractivity contribution < 1.29 is 9.47 Å². The molecule has 2 aromatic rings. The van der Waals surface area contributed by atoms with Gasteiger partial charge in [0.15, 0.2) is 11.8 Å². The Morgan fingerprint density at radius 2 is 2.16 bits per heavy atom. The Morgan fingerprint density at radius 3 is 2.97 bits per heavy atom. The first-order valence-electron chi connectivity index (χ1n) is 11.3. The summed E-state index contributed by atoms with van der Waals surface area (Å²) in [7, 11) is 1.66. The van der Waals surface area contributed by atoms with Crippen molar-refractivity contribution in [2.45, 2.75) is 77.3 Å². The number of aromatic nitrogens is 4. The van der Waals surface area contributed by atoms with Crippen LogP contribution in [0.1, 0.15) is 56.2 Å². The lowest BCUT2D eigenvalue weighted by Crippen LogP contribution is -2.47. The van der Waals surface area contributed by atoms with Gasteiger partial charge in [-0.25, -0.2) is 19.6 Å². The topological polar surface area (TPSA) is 98.5 Å². The molecular formula is C22H33N7O2. The van der Waals surface area contributed by atoms with Crippen molar-refractivity contribution in [2.75, 3.05) is 13.7 Å². The van der Waals surface area contributed by atoms with Crippen molar-refractivity contribution in [1.82, 2.24) is 30.4 Å². The molecular weight excluding hydrogens is 394 g/mol. The van der Waals surface area contributed by atoms with Crippen molar-refractivity contribution in [3.8, 4) is 5.88 Å². The lowest BCUT2D eigenvalue weighted by atomic mass is 10.1. The molecule has 2 aromatic heterocycles. The van der Waals surface area contributed by atoms with Crippen LogP contribution in [0.3, 0.4) is 0 Å². The fourth-order valence-electron chi connectivity index (χ4n) is 4.16. The number of nitrogens with zero attached hydrogens (tertiary/aromatic N) is 5. The molecule has 9 nitrogen and oxygen atoms in total. The molecule has 0 bridgehead atoms. The van der Waals surface area contributed by atoms with Crippen molar-refractivity contribution in [3.05, 3.63) is 35.5 Å². The second kappa shape index (κ2) is 10.6. The number of hydrogen-bond donors (Lipinski definition) is 2. The summed E-state index contributed by atoms with van der Waals surface area (Å²) in [6.45, 7) is 4.59. The molecule has 1 aliphatic heterocycles. The highest BCUT2D eigenvalue weighted by Crippen LogP contribution is 2.25. The van der Waals surface area contributed by atoms with E-state index in [1.165, 1.54) is 12.8 Å². The minimum Gasteiger partial charge on any atom is -0.474 e. The first kappa shape index (κ1) is 21.5. The number of methoxy groups -OCH3 is 1. The summed E-state index contributed by atoms with van der Waals surface area (Å²) in [6.07, 6.45) is 8.64. The Kier molecular flexibility index (Phi) is 7.35. The molecule has 168 valence electrons. The van der Waals surface area contributed by atoms with E-state index < -0.39 is 0 Å². The summed E-state index contributed by atoms with van der Waals surface area (Å²) in [5.74, 6) is 3.27. The van der Waals surface area contributed by atoms with Gasteiger partial charge in [0.25, 0.3) is 0 Å². The molecule has 0 radical (unpaired) electrons. The third-order valence-corrected chi connectivity index (χ3v) is 5.70. The van der Waals surface area contributed by atoms with Gasteiger partial charge >= 0.3 is 0 Å². The number of pyridine rings is 1. The lowest BCUT2D eigenvalue weighted by molar-refractivity contribution is 0.177. The maximum Gasteiger partial charge on any atom is 0.218 e. The Balaban J connectivity index is 1.40. The van der Waals surface area contributed by atoms with Gasteiger partial charge in [0.05, 0.1) is 13.1 Å². The zero-order valence-corrected chi connectivity index (χ0v) is 18.5. The van der Waals surface area contributed by atoms with Crippen LogP contribution in [0.4, 0.5) is 0 Å². The molecule has 1 saturated carbocycles. The molecule has 1 fully saturated rings. The largest absolute Gasteiger partial charge is 0.474 e. The van der Waals surface area contributed by atoms with Crippen molar-refractivity contribution in [3.63, 3.8) is 0 Å². The summed E-state index contributed by atoms with van der Waals surface area (Å²) < 4.78 is 13.3. The molecule has 9 heteroatoms. The molecule has 0 saturated heterocycles. The van der Waals surface area contributed by atoms with E-state index in [4.69, 9.17) is 14.5 Å². The zero-order valence-electron chi connectivity index (χ0n) is 18.5. The SMILES string of the molecule is CCNC(=NCc1cccnc1OC1CCCC1)NC1CCc2nc(COC)nn2C1. The fourth-order valence-corrected chi connectivity index (χ4v) is 4.16. The van der Waals surface area contributed by atoms with E-state index in [1.54, 1.807) is 13.3 Å². The Morgan fingerprint density at radius 1 is 1.29 bits per heavy atom. The van der Waals surface area contributed by atoms with Gasteiger partial charge in [-0.3, -0.25) is 0 Å². The summed E-state index contributed by atoms with van der Waals surface area (Å²) in [4.78, 5) is 13.8. The number of ether oxygens (including phenoxy) is 2. The highest BCUT2D eigenvalue weighted by atomic mass is 16.5. The van der Waals surface area contributed by atoms with Crippen LogP contribution >= 0.6 is 0 Å². The van der Waals surface area contributed by atoms with Gasteiger partial charge in [-0.15, -0.1) is 0 Å². The van der Waals surface area contributed by atoms with E-state index in [0.29, 0.717) is 19.0 Å². The maximum absolute atomic E-state index is 6.16. The molecule has 2 aliphatic rings. The van der Waals surface area contributed by atoms with E-state index in [0.717, 1.165) is 61.9 Å². The van der Waals surface area contributed by atoms with Crippen LogP contribution in [0.5, 0.6) is 5.88 Å². The number of rotatable bonds is 8. The second-order valence-electron chi connectivity index (χ2n) is 8.13. The molecule has 1 aliphatic carbocycles. The van der Waals surface area contributed by atoms with Crippen LogP contribution in [0, 0.1) is 0 Å². The summed E-state index contributed by atoms with van der Waals surface area (Å²) in [5.41, 5.74) is 1.01. The van der Waals surface area contributed by atoms with Gasteiger partial charge in [-0.1, -0.05) is 6.07 Å². The number of fused-ring (bicyclic) bond motifs is 1. The van der Waals surface area contributed by atoms with Gasteiger partial charge in [-0.05, 0) is 45.1 Å². The second-order valence-corrected chi connectivity index (χ2v) is 8.13. The average molecular weight is 428 g/mol. The Labute approximate surface area is 183 Å². The lowest BCUT2D eigenvalue weighted by Gasteiger charge is -2.25. The van der Waals surface area contributed by atoms with Crippen molar-refractivity contribution >= 4 is 5.96 Å². The number of aliphatic imine (C=N–C) groups is 1. The molecule has 3 heterocycles. The molecule has 1 unspecified atom stereocenters. The van der Waals surface area contributed by atoms with E-state index in [1.807, 2.05) is 16.8 Å². The normalized spacial score (nSPS) is 19.3. The van der Waals surface area contributed by atoms with Crippen LogP contribution in [0.25, 0.3) is 0 Å². The number of aryl methyl sites for hydroxylation is 1. The van der Waals surface area contributed by atoms with Gasteiger partial charge < -0.3 is 20.1 Å². The quantitative estimate of drug-likeness (QED) is 0.492. The maximum atomic E-state index is 6.16. The number of guanidine groups is 1. The minimum absolute atomic E-state index is 0.241. The monoisotopic (exact) mass is 427 g/mol. The van der Waals surface area contributed by atoms with Crippen LogP contribution in [0.2, 0.25) is 0 Å². The summed E-state index contributed by atoms with van der Waals surface area (Å²) in [6, 6.07) is 4.23. The fraction of sp³-hybridized carbons (Fsp3) is 0.636. The Bertz CT molecular complexity index is 876. The smallest absolute Gasteiger partial charge is 0.218 e. The highest BCUT2D eigenvalue weighted by molar-refractivity contribution is 5.80. The highest BCUT2D eigenvalue weighted by Gasteiger charge is 2.23. The zero-order chi connectivity index (χ0) is 21.5. The first-order valence-corrected chi connectivity index (χ1v) is 11.3. The van der Waals surface area contributed by atoms with Crippen molar-refractivity contribution in [1.29, 1.82) is 0 Å². The minimum atomic E-state index is 0.241. The van der Waals surface area contributed by atoms with Gasteiger partial charge in [-0.2, -0.15) is 5.10 Å². The molecule has 0 amide bonds. The van der Waals surface area contributed by atoms with Gasteiger partial charge in [0.1, 0.15) is 18.5 Å². The molecule has 1 atom stereocenters. The first-order chi connectivity index (χ1) is 15.2. The standard InChI is InChI=1S/C22H33N7O2/c1-3-23-22(26-17-10-11-20-27-19(15-30-2)28-29(20)14-17)25-13-16-7-6-12-24-21(16)31-18-8-4-5-9-18/h6-7,12,17-18H,3-5,8-11,13-15H2,1-2H3,(H2,23,25,26). The van der Waals surface area contributed by atoms with Gasteiger partial charge in [0.2, 0.25) is 5.88 Å². The van der Waals surface area contributed by atoms with Crippen LogP contribution in [-0.2, 0) is 30.9 Å².